The van der Waals surface area contributed by atoms with Crippen molar-refractivity contribution < 1.29 is 109 Å². The number of hydrogen-bond acceptors (Lipinski definition) is 23. The molecule has 3 heterocycles. The average molecular weight is 1400 g/mol. The number of fused-ring (bicyclic) bond motifs is 1. The van der Waals surface area contributed by atoms with Crippen molar-refractivity contribution in [3.05, 3.63) is 65.4 Å². The van der Waals surface area contributed by atoms with Crippen LogP contribution in [0.15, 0.2) is 52.9 Å². The van der Waals surface area contributed by atoms with Crippen molar-refractivity contribution >= 4 is 76.5 Å². The van der Waals surface area contributed by atoms with Gasteiger partial charge in [0.2, 0.25) is 36.0 Å². The molecule has 0 spiro atoms. The summed E-state index contributed by atoms with van der Waals surface area (Å²) in [4.78, 5) is 152. The van der Waals surface area contributed by atoms with Crippen LogP contribution in [0.1, 0.15) is 144 Å². The number of likely N-dealkylation sites (N-methyl/N-ethyl adjacent to an activating group) is 2. The Kier molecular flexibility index (Phi) is 31.7. The van der Waals surface area contributed by atoms with Gasteiger partial charge in [0.1, 0.15) is 54.0 Å². The molecule has 5 rings (SSSR count). The number of ether oxygens (including phenoxy) is 11. The zero-order valence-corrected chi connectivity index (χ0v) is 60.5. The summed E-state index contributed by atoms with van der Waals surface area (Å²) in [6.07, 6.45) is -3.68. The summed E-state index contributed by atoms with van der Waals surface area (Å²) < 4.78 is 69.4. The van der Waals surface area contributed by atoms with Gasteiger partial charge < -0.3 is 77.0 Å². The number of furan rings is 1. The lowest BCUT2D eigenvalue weighted by atomic mass is 9.89. The Morgan fingerprint density at radius 3 is 1.98 bits per heavy atom. The Morgan fingerprint density at radius 1 is 0.760 bits per heavy atom. The van der Waals surface area contributed by atoms with Crippen LogP contribution < -0.4 is 15.4 Å². The Hall–Kier alpha value is -8.81. The first-order valence-electron chi connectivity index (χ1n) is 33.7. The number of aryl methyl sites for hydroxylation is 1. The van der Waals surface area contributed by atoms with Crippen LogP contribution in [0.5, 0.6) is 5.75 Å². The number of hydrogen-bond donors (Lipinski definition) is 2. The molecule has 5 amide bonds. The molecule has 0 aliphatic carbocycles. The van der Waals surface area contributed by atoms with Gasteiger partial charge in [-0.1, -0.05) is 85.2 Å². The average Bonchev–Trinajstić information content (AvgIpc) is 1.63. The Labute approximate surface area is 585 Å². The molecule has 2 aromatic carbocycles. The minimum absolute atomic E-state index is 0.00155. The zero-order chi connectivity index (χ0) is 74.4. The van der Waals surface area contributed by atoms with Gasteiger partial charge in [0, 0.05) is 87.4 Å². The van der Waals surface area contributed by atoms with Crippen molar-refractivity contribution in [2.75, 3.05) is 55.7 Å². The van der Waals surface area contributed by atoms with Crippen molar-refractivity contribution in [1.29, 1.82) is 0 Å². The van der Waals surface area contributed by atoms with Crippen molar-refractivity contribution in [2.24, 2.45) is 23.7 Å². The SMILES string of the molecule is C#CCC(OC(=O)N(C)[C@H](C(=O)N[C@H](C(=O)N(C)[C@@H](C(C)CC)[C@@H](CC(=O)N1CCC[C@H]1[C@H](OC)[C@@H](C)C(=O)NC(Cc1ccccc1)C(=O)OC)OC)C(C)C)C(C)C)c1ccc(O[C@@H]2O[C@H](COC(C)=O)[C@H](OC(C)=O)[C@H](OC(C)=O)[C@H]2OC(C)=O)c2cc(CCCC(=O)OC)oc12. The number of methoxy groups -OCH3 is 4. The highest BCUT2D eigenvalue weighted by Crippen LogP contribution is 2.40. The third kappa shape index (κ3) is 21.8. The minimum Gasteiger partial charge on any atom is -0.469 e. The summed E-state index contributed by atoms with van der Waals surface area (Å²) >= 11 is 0. The van der Waals surface area contributed by atoms with Gasteiger partial charge in [0.15, 0.2) is 12.2 Å². The van der Waals surface area contributed by atoms with E-state index in [1.807, 2.05) is 44.2 Å². The molecule has 28 nitrogen and oxygen atoms in total. The second-order valence-electron chi connectivity index (χ2n) is 25.9. The molecule has 0 radical (unpaired) electrons. The van der Waals surface area contributed by atoms with Crippen molar-refractivity contribution in [2.45, 2.75) is 213 Å². The number of nitrogens with one attached hydrogen (secondary N) is 2. The molecule has 100 heavy (non-hydrogen) atoms. The first-order chi connectivity index (χ1) is 47.4. The van der Waals surface area contributed by atoms with Gasteiger partial charge in [-0.2, -0.15) is 0 Å². The maximum Gasteiger partial charge on any atom is 0.410 e. The normalized spacial score (nSPS) is 20.1. The molecule has 3 unspecified atom stereocenters. The van der Waals surface area contributed by atoms with E-state index in [2.05, 4.69) is 16.6 Å². The molecule has 0 bridgehead atoms. The highest BCUT2D eigenvalue weighted by atomic mass is 16.7. The molecule has 2 aliphatic heterocycles. The summed E-state index contributed by atoms with van der Waals surface area (Å²) in [5.74, 6) is -5.62. The highest BCUT2D eigenvalue weighted by molar-refractivity contribution is 5.92. The topological polar surface area (TPSA) is 336 Å². The number of carbonyl (C=O) groups is 11. The van der Waals surface area contributed by atoms with Crippen LogP contribution in [0.25, 0.3) is 11.0 Å². The third-order valence-corrected chi connectivity index (χ3v) is 18.0. The number of amides is 5. The van der Waals surface area contributed by atoms with E-state index in [9.17, 15) is 47.9 Å². The zero-order valence-electron chi connectivity index (χ0n) is 60.5. The van der Waals surface area contributed by atoms with Gasteiger partial charge in [-0.05, 0) is 60.8 Å². The molecular formula is C72H101N5O23. The van der Waals surface area contributed by atoms with Gasteiger partial charge in [0.05, 0.1) is 62.7 Å². The lowest BCUT2D eigenvalue weighted by Crippen LogP contribution is -2.63. The monoisotopic (exact) mass is 1400 g/mol. The lowest BCUT2D eigenvalue weighted by molar-refractivity contribution is -0.288. The van der Waals surface area contributed by atoms with Gasteiger partial charge in [-0.25, -0.2) is 9.59 Å². The molecule has 1 aromatic heterocycles. The number of likely N-dealkylation sites (tertiary alicyclic amines) is 1. The van der Waals surface area contributed by atoms with Crippen molar-refractivity contribution in [3.63, 3.8) is 0 Å². The molecule has 15 atom stereocenters. The van der Waals surface area contributed by atoms with E-state index in [1.54, 1.807) is 52.6 Å². The van der Waals surface area contributed by atoms with Gasteiger partial charge in [-0.15, -0.1) is 12.3 Å². The van der Waals surface area contributed by atoms with E-state index in [-0.39, 0.29) is 72.6 Å². The predicted octanol–water partition coefficient (Wildman–Crippen LogP) is 6.51. The van der Waals surface area contributed by atoms with Crippen LogP contribution in [0.3, 0.4) is 0 Å². The molecular weight excluding hydrogens is 1300 g/mol. The van der Waals surface area contributed by atoms with Crippen LogP contribution in [-0.4, -0.2) is 209 Å². The smallest absolute Gasteiger partial charge is 0.410 e. The van der Waals surface area contributed by atoms with Crippen LogP contribution in [-0.2, 0) is 108 Å². The second-order valence-corrected chi connectivity index (χ2v) is 25.9. The third-order valence-electron chi connectivity index (χ3n) is 18.0. The van der Waals surface area contributed by atoms with Gasteiger partial charge in [0.25, 0.3) is 0 Å². The number of terminal acetylenes is 1. The molecule has 2 fully saturated rings. The van der Waals surface area contributed by atoms with Crippen LogP contribution >= 0.6 is 0 Å². The van der Waals surface area contributed by atoms with Crippen molar-refractivity contribution in [3.8, 4) is 18.1 Å². The largest absolute Gasteiger partial charge is 0.469 e. The predicted molar refractivity (Wildman–Crippen MR) is 360 cm³/mol. The fraction of sp³-hybridized carbons (Fsp3) is 0.625. The van der Waals surface area contributed by atoms with Crippen LogP contribution in [0.4, 0.5) is 4.79 Å². The minimum atomic E-state index is -1.67. The summed E-state index contributed by atoms with van der Waals surface area (Å²) in [6.45, 7) is 16.7. The number of carbonyl (C=O) groups excluding carboxylic acids is 11. The first kappa shape index (κ1) is 81.9. The number of benzene rings is 2. The highest BCUT2D eigenvalue weighted by Gasteiger charge is 2.54. The number of esters is 6. The quantitative estimate of drug-likeness (QED) is 0.0360. The van der Waals surface area contributed by atoms with Crippen LogP contribution in [0.2, 0.25) is 0 Å². The molecule has 0 saturated carbocycles. The molecule has 28 heteroatoms. The Balaban J connectivity index is 1.41. The molecule has 2 aliphatic rings. The summed E-state index contributed by atoms with van der Waals surface area (Å²) in [7, 11) is 8.41. The van der Waals surface area contributed by atoms with Gasteiger partial charge >= 0.3 is 41.9 Å². The molecule has 3 aromatic rings. The summed E-state index contributed by atoms with van der Waals surface area (Å²) in [5.41, 5.74) is 1.11. The van der Waals surface area contributed by atoms with Crippen LogP contribution in [0, 0.1) is 36.0 Å². The number of rotatable bonds is 35. The Morgan fingerprint density at radius 2 is 1.41 bits per heavy atom. The Bertz CT molecular complexity index is 3350. The van der Waals surface area contributed by atoms with E-state index in [1.165, 1.54) is 52.5 Å². The van der Waals surface area contributed by atoms with E-state index < -0.39 is 163 Å². The fourth-order valence-electron chi connectivity index (χ4n) is 12.9. The van der Waals surface area contributed by atoms with E-state index >= 15 is 4.79 Å². The summed E-state index contributed by atoms with van der Waals surface area (Å²) in [5, 5.41) is 6.00. The second kappa shape index (κ2) is 38.7. The molecule has 2 saturated heterocycles. The molecule has 552 valence electrons. The van der Waals surface area contributed by atoms with Gasteiger partial charge in [-0.3, -0.25) is 48.1 Å². The lowest BCUT2D eigenvalue weighted by Gasteiger charge is -2.44. The molecule has 2 N–H and O–H groups in total. The maximum atomic E-state index is 15.1. The van der Waals surface area contributed by atoms with E-state index in [0.29, 0.717) is 31.6 Å². The number of nitrogens with zero attached hydrogens (tertiary/aromatic N) is 3. The maximum absolute atomic E-state index is 15.1. The summed E-state index contributed by atoms with van der Waals surface area (Å²) in [6, 6.07) is 9.11. The van der Waals surface area contributed by atoms with E-state index in [4.69, 9.17) is 62.9 Å². The van der Waals surface area contributed by atoms with E-state index in [0.717, 1.165) is 38.2 Å². The fourth-order valence-corrected chi connectivity index (χ4v) is 12.9. The standard InChI is InChI=1S/C72H101N5O23/c1-19-26-53(49-32-33-54(50-36-48(97-63(49)50)29-24-31-58(83)90-16)98-71-66(96-46(12)81)65(95-45(11)80)64(94-44(10)79)56(99-71)38-93-43(9)78)100-72(88)76(14)60(40(5)6)68(85)74-59(39(3)4)69(86)75(13)61(41(7)20-2)55(89-15)37-57(82)77-34-25-30-52(77)62(91-17)42(8)67(84)73-51(70(87)92-18)35-47-27-22-21-23-28-47/h1,21-23,27-28,32-33,36,39-42,51-53,55-56,59-62,64-66,71H,20,24-26,29-31,34-35,37-38H2,2-18H3,(H,73,84)(H,74,85)/t41?,42-,51?,52+,53?,55-,56-,59+,60+,61+,62-,64+,65+,66-,71-/m1/s1. The first-order valence-corrected chi connectivity index (χ1v) is 33.7. The van der Waals surface area contributed by atoms with Crippen molar-refractivity contribution in [1.82, 2.24) is 25.3 Å².